The number of benzene rings is 1. The third-order valence-electron chi connectivity index (χ3n) is 2.10. The molecule has 0 amide bonds. The molecule has 2 rings (SSSR count). The highest BCUT2D eigenvalue weighted by molar-refractivity contribution is 7.99. The Morgan fingerprint density at radius 2 is 2.18 bits per heavy atom. The average Bonchev–Trinajstić information content (AvgIpc) is 2.29. The Balaban J connectivity index is 2.33. The molecule has 0 radical (unpaired) electrons. The Labute approximate surface area is 102 Å². The van der Waals surface area contributed by atoms with Crippen LogP contribution >= 0.6 is 11.8 Å². The number of nitrogens with zero attached hydrogens (tertiary/aromatic N) is 1. The predicted octanol–water partition coefficient (Wildman–Crippen LogP) is 2.66. The molecule has 0 aliphatic heterocycles. The molecule has 0 saturated heterocycles. The van der Waals surface area contributed by atoms with E-state index in [0.29, 0.717) is 5.56 Å². The van der Waals surface area contributed by atoms with Crippen LogP contribution in [-0.2, 0) is 0 Å². The predicted molar refractivity (Wildman–Crippen MR) is 65.8 cm³/mol. The lowest BCUT2D eigenvalue weighted by atomic mass is 10.2. The van der Waals surface area contributed by atoms with Gasteiger partial charge in [-0.3, -0.25) is 10.4 Å². The fourth-order valence-corrected chi connectivity index (χ4v) is 2.31. The first-order valence-corrected chi connectivity index (χ1v) is 5.70. The first-order chi connectivity index (χ1) is 8.16. The lowest BCUT2D eigenvalue weighted by Gasteiger charge is -2.06. The van der Waals surface area contributed by atoms with Crippen molar-refractivity contribution >= 4 is 17.6 Å². The van der Waals surface area contributed by atoms with E-state index in [1.807, 2.05) is 0 Å². The van der Waals surface area contributed by atoms with E-state index in [0.717, 1.165) is 9.79 Å². The maximum Gasteiger partial charge on any atom is 0.124 e. The van der Waals surface area contributed by atoms with E-state index in [4.69, 9.17) is 11.1 Å². The van der Waals surface area contributed by atoms with Crippen LogP contribution in [0.15, 0.2) is 52.5 Å². The van der Waals surface area contributed by atoms with Gasteiger partial charge in [0.2, 0.25) is 0 Å². The Morgan fingerprint density at radius 1 is 1.35 bits per heavy atom. The second-order valence-electron chi connectivity index (χ2n) is 3.34. The van der Waals surface area contributed by atoms with Crippen LogP contribution in [0.4, 0.5) is 4.39 Å². The highest BCUT2D eigenvalue weighted by Gasteiger charge is 2.07. The minimum atomic E-state index is -0.289. The van der Waals surface area contributed by atoms with Crippen molar-refractivity contribution in [3.8, 4) is 0 Å². The van der Waals surface area contributed by atoms with E-state index >= 15 is 0 Å². The number of hydrogen-bond acceptors (Lipinski definition) is 3. The number of pyridine rings is 1. The summed E-state index contributed by atoms with van der Waals surface area (Å²) in [4.78, 5) is 5.47. The minimum absolute atomic E-state index is 0.0219. The number of aromatic nitrogens is 1. The van der Waals surface area contributed by atoms with Crippen LogP contribution in [-0.4, -0.2) is 10.8 Å². The van der Waals surface area contributed by atoms with Gasteiger partial charge in [0.15, 0.2) is 0 Å². The second-order valence-corrected chi connectivity index (χ2v) is 4.46. The molecule has 2 aromatic rings. The van der Waals surface area contributed by atoms with E-state index < -0.39 is 0 Å². The summed E-state index contributed by atoms with van der Waals surface area (Å²) < 4.78 is 13.0. The van der Waals surface area contributed by atoms with Gasteiger partial charge in [-0.05, 0) is 24.3 Å². The fraction of sp³-hybridized carbons (Fsp3) is 0. The molecule has 86 valence electrons. The minimum Gasteiger partial charge on any atom is -0.384 e. The van der Waals surface area contributed by atoms with Crippen molar-refractivity contribution in [3.63, 3.8) is 0 Å². The van der Waals surface area contributed by atoms with Crippen molar-refractivity contribution in [1.82, 2.24) is 4.98 Å². The molecular weight excluding hydrogens is 237 g/mol. The number of nitrogens with one attached hydrogen (secondary N) is 1. The summed E-state index contributed by atoms with van der Waals surface area (Å²) in [6.07, 6.45) is 3.19. The van der Waals surface area contributed by atoms with Crippen molar-refractivity contribution in [3.05, 3.63) is 54.1 Å². The Hall–Kier alpha value is -1.88. The fourth-order valence-electron chi connectivity index (χ4n) is 1.34. The highest BCUT2D eigenvalue weighted by Crippen LogP contribution is 2.29. The number of hydrogen-bond donors (Lipinski definition) is 2. The zero-order valence-corrected chi connectivity index (χ0v) is 9.67. The van der Waals surface area contributed by atoms with Gasteiger partial charge in [-0.15, -0.1) is 0 Å². The van der Waals surface area contributed by atoms with Crippen molar-refractivity contribution in [2.75, 3.05) is 0 Å². The van der Waals surface area contributed by atoms with Crippen molar-refractivity contribution in [2.45, 2.75) is 9.79 Å². The first kappa shape index (κ1) is 11.6. The molecule has 1 heterocycles. The van der Waals surface area contributed by atoms with Gasteiger partial charge in [0.1, 0.15) is 11.7 Å². The zero-order valence-electron chi connectivity index (χ0n) is 8.85. The van der Waals surface area contributed by atoms with Gasteiger partial charge in [0, 0.05) is 27.7 Å². The summed E-state index contributed by atoms with van der Waals surface area (Å²) in [6, 6.07) is 7.93. The molecular formula is C12H10FN3S. The molecule has 0 saturated carbocycles. The Kier molecular flexibility index (Phi) is 3.39. The smallest absolute Gasteiger partial charge is 0.124 e. The maximum atomic E-state index is 13.0. The van der Waals surface area contributed by atoms with Gasteiger partial charge in [-0.2, -0.15) is 0 Å². The van der Waals surface area contributed by atoms with Crippen LogP contribution in [0.25, 0.3) is 0 Å². The van der Waals surface area contributed by atoms with Crippen molar-refractivity contribution in [1.29, 1.82) is 5.41 Å². The molecule has 0 atom stereocenters. The van der Waals surface area contributed by atoms with E-state index in [-0.39, 0.29) is 11.7 Å². The number of amidine groups is 1. The van der Waals surface area contributed by atoms with Gasteiger partial charge in [0.05, 0.1) is 0 Å². The monoisotopic (exact) mass is 247 g/mol. The maximum absolute atomic E-state index is 13.0. The summed E-state index contributed by atoms with van der Waals surface area (Å²) in [5.41, 5.74) is 6.07. The van der Waals surface area contributed by atoms with Gasteiger partial charge in [-0.25, -0.2) is 4.39 Å². The standard InChI is InChI=1S/C12H10FN3S/c13-8-2-1-3-9(6-8)17-11-7-16-5-4-10(11)12(14)15/h1-7H,(H3,14,15). The molecule has 0 bridgehead atoms. The topological polar surface area (TPSA) is 62.8 Å². The Morgan fingerprint density at radius 3 is 2.88 bits per heavy atom. The molecule has 0 fully saturated rings. The van der Waals surface area contributed by atoms with Gasteiger partial charge in [0.25, 0.3) is 0 Å². The molecule has 3 nitrogen and oxygen atoms in total. The number of nitrogen functional groups attached to an aromatic ring is 1. The van der Waals surface area contributed by atoms with Crippen LogP contribution in [0.5, 0.6) is 0 Å². The van der Waals surface area contributed by atoms with Gasteiger partial charge >= 0.3 is 0 Å². The highest BCUT2D eigenvalue weighted by atomic mass is 32.2. The summed E-state index contributed by atoms with van der Waals surface area (Å²) >= 11 is 1.33. The molecule has 0 unspecified atom stereocenters. The molecule has 3 N–H and O–H groups in total. The summed E-state index contributed by atoms with van der Waals surface area (Å²) in [7, 11) is 0. The lowest BCUT2D eigenvalue weighted by molar-refractivity contribution is 0.624. The van der Waals surface area contributed by atoms with E-state index in [1.54, 1.807) is 30.6 Å². The largest absolute Gasteiger partial charge is 0.384 e. The van der Waals surface area contributed by atoms with Gasteiger partial charge in [-0.1, -0.05) is 17.8 Å². The van der Waals surface area contributed by atoms with Crippen LogP contribution in [0.1, 0.15) is 5.56 Å². The third-order valence-corrected chi connectivity index (χ3v) is 3.13. The molecule has 1 aromatic heterocycles. The molecule has 17 heavy (non-hydrogen) atoms. The molecule has 5 heteroatoms. The quantitative estimate of drug-likeness (QED) is 0.647. The molecule has 0 aliphatic rings. The van der Waals surface area contributed by atoms with Gasteiger partial charge < -0.3 is 5.73 Å². The number of nitrogens with two attached hydrogens (primary N) is 1. The van der Waals surface area contributed by atoms with Crippen LogP contribution in [0.3, 0.4) is 0 Å². The summed E-state index contributed by atoms with van der Waals surface area (Å²) in [5, 5.41) is 7.45. The SMILES string of the molecule is N=C(N)c1ccncc1Sc1cccc(F)c1. The van der Waals surface area contributed by atoms with Crippen LogP contribution in [0, 0.1) is 11.2 Å². The Bertz CT molecular complexity index is 557. The molecule has 0 spiro atoms. The number of halogens is 1. The zero-order chi connectivity index (χ0) is 12.3. The van der Waals surface area contributed by atoms with Crippen LogP contribution < -0.4 is 5.73 Å². The van der Waals surface area contributed by atoms with E-state index in [9.17, 15) is 4.39 Å². The second kappa shape index (κ2) is 4.97. The van der Waals surface area contributed by atoms with E-state index in [1.165, 1.54) is 23.9 Å². The summed E-state index contributed by atoms with van der Waals surface area (Å²) in [6.45, 7) is 0. The molecule has 0 aliphatic carbocycles. The third kappa shape index (κ3) is 2.82. The average molecular weight is 247 g/mol. The van der Waals surface area contributed by atoms with E-state index in [2.05, 4.69) is 4.98 Å². The van der Waals surface area contributed by atoms with Crippen LogP contribution in [0.2, 0.25) is 0 Å². The molecule has 1 aromatic carbocycles. The first-order valence-electron chi connectivity index (χ1n) is 4.88. The van der Waals surface area contributed by atoms with Crippen molar-refractivity contribution < 1.29 is 4.39 Å². The van der Waals surface area contributed by atoms with Crippen molar-refractivity contribution in [2.24, 2.45) is 5.73 Å². The number of rotatable bonds is 3. The normalized spacial score (nSPS) is 10.2. The lowest BCUT2D eigenvalue weighted by Crippen LogP contribution is -2.12. The summed E-state index contributed by atoms with van der Waals surface area (Å²) in [5.74, 6) is -0.311.